The zero-order chi connectivity index (χ0) is 21.3. The number of likely N-dealkylation sites (tertiary alicyclic amines) is 1. The lowest BCUT2D eigenvalue weighted by atomic mass is 9.98. The van der Waals surface area contributed by atoms with E-state index in [1.54, 1.807) is 11.8 Å². The van der Waals surface area contributed by atoms with Gasteiger partial charge in [0.15, 0.2) is 0 Å². The molecule has 2 aromatic rings. The smallest absolute Gasteiger partial charge is 0.310 e. The fourth-order valence-electron chi connectivity index (χ4n) is 3.19. The van der Waals surface area contributed by atoms with Gasteiger partial charge in [-0.15, -0.1) is 0 Å². The highest BCUT2D eigenvalue weighted by atomic mass is 35.5. The van der Waals surface area contributed by atoms with Crippen LogP contribution in [0.4, 0.5) is 5.82 Å². The molecule has 1 unspecified atom stereocenters. The molecule has 1 saturated heterocycles. The molecule has 0 saturated carbocycles. The first-order valence-electron chi connectivity index (χ1n) is 9.92. The van der Waals surface area contributed by atoms with E-state index in [1.165, 1.54) is 18.1 Å². The van der Waals surface area contributed by atoms with E-state index in [9.17, 15) is 9.59 Å². The van der Waals surface area contributed by atoms with Crippen molar-refractivity contribution in [2.45, 2.75) is 31.3 Å². The minimum absolute atomic E-state index is 0.00304. The first-order valence-corrected chi connectivity index (χ1v) is 11.3. The Labute approximate surface area is 185 Å². The highest BCUT2D eigenvalue weighted by Gasteiger charge is 2.29. The van der Waals surface area contributed by atoms with Gasteiger partial charge in [-0.25, -0.2) is 9.97 Å². The zero-order valence-electron chi connectivity index (χ0n) is 16.8. The second-order valence-corrected chi connectivity index (χ2v) is 8.37. The molecule has 7 nitrogen and oxygen atoms in total. The van der Waals surface area contributed by atoms with E-state index in [2.05, 4.69) is 15.3 Å². The Balaban J connectivity index is 1.49. The van der Waals surface area contributed by atoms with Gasteiger partial charge in [0.1, 0.15) is 17.2 Å². The molecule has 9 heteroatoms. The Morgan fingerprint density at radius 3 is 2.87 bits per heavy atom. The fourth-order valence-corrected chi connectivity index (χ4v) is 4.09. The predicted molar refractivity (Wildman–Crippen MR) is 117 cm³/mol. The maximum Gasteiger partial charge on any atom is 0.310 e. The summed E-state index contributed by atoms with van der Waals surface area (Å²) in [6.07, 6.45) is 3.06. The molecule has 1 atom stereocenters. The first kappa shape index (κ1) is 22.4. The summed E-state index contributed by atoms with van der Waals surface area (Å²) in [4.78, 5) is 34.8. The predicted octanol–water partition coefficient (Wildman–Crippen LogP) is 3.64. The van der Waals surface area contributed by atoms with Gasteiger partial charge >= 0.3 is 5.97 Å². The third-order valence-electron chi connectivity index (χ3n) is 4.77. The van der Waals surface area contributed by atoms with Crippen molar-refractivity contribution in [1.29, 1.82) is 0 Å². The number of rotatable bonds is 8. The normalized spacial score (nSPS) is 16.2. The van der Waals surface area contributed by atoms with E-state index >= 15 is 0 Å². The minimum atomic E-state index is -0.227. The van der Waals surface area contributed by atoms with Crippen molar-refractivity contribution in [2.75, 3.05) is 30.8 Å². The van der Waals surface area contributed by atoms with Crippen LogP contribution in [0.1, 0.15) is 25.3 Å². The van der Waals surface area contributed by atoms with Gasteiger partial charge in [0, 0.05) is 30.7 Å². The number of anilines is 1. The maximum absolute atomic E-state index is 12.6. The van der Waals surface area contributed by atoms with Crippen LogP contribution in [0, 0.1) is 5.92 Å². The van der Waals surface area contributed by atoms with Crippen LogP contribution in [0.5, 0.6) is 0 Å². The van der Waals surface area contributed by atoms with Crippen molar-refractivity contribution in [3.8, 4) is 0 Å². The fraction of sp³-hybridized carbons (Fsp3) is 0.429. The van der Waals surface area contributed by atoms with E-state index in [0.29, 0.717) is 37.1 Å². The molecule has 2 heterocycles. The van der Waals surface area contributed by atoms with Gasteiger partial charge in [0.05, 0.1) is 18.3 Å². The molecule has 1 aliphatic heterocycles. The van der Waals surface area contributed by atoms with Gasteiger partial charge in [-0.05, 0) is 37.5 Å². The summed E-state index contributed by atoms with van der Waals surface area (Å²) in [5.74, 6) is 0.521. The van der Waals surface area contributed by atoms with Crippen LogP contribution in [0.3, 0.4) is 0 Å². The molecule has 1 aliphatic rings. The quantitative estimate of drug-likeness (QED) is 0.375. The van der Waals surface area contributed by atoms with Crippen molar-refractivity contribution >= 4 is 41.1 Å². The molecule has 30 heavy (non-hydrogen) atoms. The molecule has 3 rings (SSSR count). The third-order valence-corrected chi connectivity index (χ3v) is 5.93. The van der Waals surface area contributed by atoms with Crippen molar-refractivity contribution in [3.63, 3.8) is 0 Å². The molecular formula is C21H25ClN4O3S. The molecule has 1 N–H and O–H groups in total. The number of benzene rings is 1. The number of halogens is 1. The molecule has 0 radical (unpaired) electrons. The lowest BCUT2D eigenvalue weighted by molar-refractivity contribution is -0.151. The van der Waals surface area contributed by atoms with Crippen molar-refractivity contribution in [3.05, 3.63) is 47.2 Å². The Hall–Kier alpha value is -2.32. The van der Waals surface area contributed by atoms with Crippen LogP contribution in [0.25, 0.3) is 0 Å². The summed E-state index contributed by atoms with van der Waals surface area (Å²) in [7, 11) is 0. The van der Waals surface area contributed by atoms with E-state index in [4.69, 9.17) is 16.3 Å². The SMILES string of the molecule is CCOC(=O)C1CCCN(C(=O)CSc2cc(NCc3ccc(Cl)cc3)ncn2)C1. The number of piperidine rings is 1. The summed E-state index contributed by atoms with van der Waals surface area (Å²) >= 11 is 7.27. The molecule has 1 aromatic heterocycles. The maximum atomic E-state index is 12.6. The Kier molecular flexibility index (Phi) is 8.33. The Bertz CT molecular complexity index is 866. The summed E-state index contributed by atoms with van der Waals surface area (Å²) in [6, 6.07) is 9.42. The molecule has 1 fully saturated rings. The second kappa shape index (κ2) is 11.2. The van der Waals surface area contributed by atoms with Gasteiger partial charge in [-0.3, -0.25) is 9.59 Å². The number of hydrogen-bond donors (Lipinski definition) is 1. The standard InChI is InChI=1S/C21H25ClN4O3S/c1-2-29-21(28)16-4-3-9-26(12-16)20(27)13-30-19-10-18(24-14-25-19)23-11-15-5-7-17(22)8-6-15/h5-8,10,14,16H,2-4,9,11-13H2,1H3,(H,23,24,25). The third kappa shape index (κ3) is 6.60. The van der Waals surface area contributed by atoms with Gasteiger partial charge in [0.2, 0.25) is 5.91 Å². The van der Waals surface area contributed by atoms with Crippen LogP contribution in [0.15, 0.2) is 41.7 Å². The number of carbonyl (C=O) groups is 2. The van der Waals surface area contributed by atoms with E-state index in [-0.39, 0.29) is 23.5 Å². The number of thioether (sulfide) groups is 1. The van der Waals surface area contributed by atoms with Crippen molar-refractivity contribution in [2.24, 2.45) is 5.92 Å². The summed E-state index contributed by atoms with van der Waals surface area (Å²) < 4.78 is 5.10. The van der Waals surface area contributed by atoms with Gasteiger partial charge < -0.3 is 15.0 Å². The van der Waals surface area contributed by atoms with E-state index < -0.39 is 0 Å². The highest BCUT2D eigenvalue weighted by molar-refractivity contribution is 7.99. The molecule has 0 spiro atoms. The number of esters is 1. The van der Waals surface area contributed by atoms with Gasteiger partial charge in [0.25, 0.3) is 0 Å². The molecule has 1 aromatic carbocycles. The lowest BCUT2D eigenvalue weighted by Gasteiger charge is -2.31. The van der Waals surface area contributed by atoms with Crippen LogP contribution in [-0.4, -0.2) is 52.2 Å². The molecule has 1 amide bonds. The topological polar surface area (TPSA) is 84.4 Å². The number of amides is 1. The number of aromatic nitrogens is 2. The van der Waals surface area contributed by atoms with Crippen LogP contribution in [-0.2, 0) is 20.9 Å². The minimum Gasteiger partial charge on any atom is -0.466 e. The molecule has 160 valence electrons. The Morgan fingerprint density at radius 1 is 1.30 bits per heavy atom. The van der Waals surface area contributed by atoms with Crippen LogP contribution in [0.2, 0.25) is 5.02 Å². The number of ether oxygens (including phenoxy) is 1. The van der Waals surface area contributed by atoms with E-state index in [0.717, 1.165) is 23.4 Å². The molecular weight excluding hydrogens is 424 g/mol. The summed E-state index contributed by atoms with van der Waals surface area (Å²) in [6.45, 7) is 3.87. The van der Waals surface area contributed by atoms with Crippen LogP contribution >= 0.6 is 23.4 Å². The highest BCUT2D eigenvalue weighted by Crippen LogP contribution is 2.22. The first-order chi connectivity index (χ1) is 14.5. The van der Waals surface area contributed by atoms with Crippen molar-refractivity contribution < 1.29 is 14.3 Å². The summed E-state index contributed by atoms with van der Waals surface area (Å²) in [5, 5.41) is 4.67. The van der Waals surface area contributed by atoms with Crippen LogP contribution < -0.4 is 5.32 Å². The number of nitrogens with one attached hydrogen (secondary N) is 1. The number of hydrogen-bond acceptors (Lipinski definition) is 7. The van der Waals surface area contributed by atoms with Gasteiger partial charge in [-0.2, -0.15) is 0 Å². The summed E-state index contributed by atoms with van der Waals surface area (Å²) in [5.41, 5.74) is 1.09. The zero-order valence-corrected chi connectivity index (χ0v) is 18.4. The molecule has 0 bridgehead atoms. The number of nitrogens with zero attached hydrogens (tertiary/aromatic N) is 3. The lowest BCUT2D eigenvalue weighted by Crippen LogP contribution is -2.43. The average molecular weight is 449 g/mol. The number of carbonyl (C=O) groups excluding carboxylic acids is 2. The second-order valence-electron chi connectivity index (χ2n) is 6.94. The molecule has 0 aliphatic carbocycles. The monoisotopic (exact) mass is 448 g/mol. The average Bonchev–Trinajstić information content (AvgIpc) is 2.77. The van der Waals surface area contributed by atoms with E-state index in [1.807, 2.05) is 30.3 Å². The largest absolute Gasteiger partial charge is 0.466 e. The Morgan fingerprint density at radius 2 is 2.10 bits per heavy atom. The van der Waals surface area contributed by atoms with Crippen molar-refractivity contribution in [1.82, 2.24) is 14.9 Å². The van der Waals surface area contributed by atoms with Gasteiger partial charge in [-0.1, -0.05) is 35.5 Å².